The normalized spacial score (nSPS) is 17.9. The number of aromatic nitrogens is 3. The van der Waals surface area contributed by atoms with E-state index in [-0.39, 0.29) is 17.4 Å². The fourth-order valence-electron chi connectivity index (χ4n) is 3.37. The number of carbonyl (C=O) groups is 1. The molecule has 0 aliphatic carbocycles. The minimum atomic E-state index is -0.0558. The van der Waals surface area contributed by atoms with Gasteiger partial charge in [0.25, 0.3) is 5.91 Å². The summed E-state index contributed by atoms with van der Waals surface area (Å²) in [5.41, 5.74) is 3.55. The van der Waals surface area contributed by atoms with Crippen LogP contribution in [0.5, 0.6) is 0 Å². The van der Waals surface area contributed by atoms with Gasteiger partial charge in [-0.2, -0.15) is 5.10 Å². The quantitative estimate of drug-likeness (QED) is 0.915. The van der Waals surface area contributed by atoms with E-state index in [9.17, 15) is 4.79 Å². The summed E-state index contributed by atoms with van der Waals surface area (Å²) in [6.07, 6.45) is 3.86. The molecular weight excluding hydrogens is 326 g/mol. The van der Waals surface area contributed by atoms with Gasteiger partial charge in [0.2, 0.25) is 0 Å². The average molecular weight is 355 g/mol. The van der Waals surface area contributed by atoms with Crippen molar-refractivity contribution in [2.45, 2.75) is 51.6 Å². The van der Waals surface area contributed by atoms with Crippen LogP contribution in [0.15, 0.2) is 24.4 Å². The number of pyridine rings is 1. The molecule has 1 atom stereocenters. The van der Waals surface area contributed by atoms with E-state index in [1.54, 1.807) is 0 Å². The van der Waals surface area contributed by atoms with Crippen LogP contribution in [0.1, 0.15) is 67.1 Å². The van der Waals surface area contributed by atoms with E-state index in [4.69, 9.17) is 0 Å². The first-order chi connectivity index (χ1) is 12.3. The zero-order chi connectivity index (χ0) is 18.9. The number of nitrogens with zero attached hydrogens (tertiary/aromatic N) is 4. The van der Waals surface area contributed by atoms with Gasteiger partial charge in [0.1, 0.15) is 5.69 Å². The topological polar surface area (TPSA) is 65.1 Å². The predicted molar refractivity (Wildman–Crippen MR) is 102 cm³/mol. The molecule has 3 heterocycles. The predicted octanol–water partition coefficient (Wildman–Crippen LogP) is 3.14. The third kappa shape index (κ3) is 3.96. The summed E-state index contributed by atoms with van der Waals surface area (Å²) in [5.74, 6) is -0.0154. The Morgan fingerprint density at radius 1 is 1.35 bits per heavy atom. The summed E-state index contributed by atoms with van der Waals surface area (Å²) in [7, 11) is 4.09. The fraction of sp³-hybridized carbons (Fsp3) is 0.550. The Morgan fingerprint density at radius 2 is 2.12 bits per heavy atom. The van der Waals surface area contributed by atoms with E-state index < -0.39 is 0 Å². The van der Waals surface area contributed by atoms with Crippen molar-refractivity contribution < 1.29 is 4.79 Å². The highest BCUT2D eigenvalue weighted by Gasteiger charge is 2.33. The standard InChI is InChI=1S/C20H29N5O/c1-20(2,3)18-11-16(22-23-18)19(26)25-10-6-7-17(25)15-9-8-14(12-21-15)13-24(4)5/h8-9,11-12,17H,6-7,10,13H2,1-5H3,(H,22,23)/t17-/m0/s1. The maximum Gasteiger partial charge on any atom is 0.274 e. The lowest BCUT2D eigenvalue weighted by Gasteiger charge is -2.23. The number of rotatable bonds is 4. The van der Waals surface area contributed by atoms with Gasteiger partial charge in [-0.15, -0.1) is 0 Å². The molecule has 1 N–H and O–H groups in total. The maximum absolute atomic E-state index is 13.0. The molecule has 3 rings (SSSR count). The molecule has 6 nitrogen and oxygen atoms in total. The third-order valence-electron chi connectivity index (χ3n) is 4.81. The van der Waals surface area contributed by atoms with Gasteiger partial charge in [-0.05, 0) is 44.6 Å². The number of aromatic amines is 1. The second-order valence-electron chi connectivity index (χ2n) is 8.40. The van der Waals surface area contributed by atoms with Gasteiger partial charge in [-0.3, -0.25) is 14.9 Å². The highest BCUT2D eigenvalue weighted by atomic mass is 16.2. The SMILES string of the molecule is CN(C)Cc1ccc([C@@H]2CCCN2C(=O)c2cc(C(C)(C)C)[nH]n2)nc1. The summed E-state index contributed by atoms with van der Waals surface area (Å²) < 4.78 is 0. The Kier molecular flexibility index (Phi) is 5.14. The molecule has 0 spiro atoms. The first-order valence-corrected chi connectivity index (χ1v) is 9.22. The first kappa shape index (κ1) is 18.6. The van der Waals surface area contributed by atoms with Gasteiger partial charge in [0, 0.05) is 30.4 Å². The molecule has 1 fully saturated rings. The molecular formula is C20H29N5O. The van der Waals surface area contributed by atoms with Crippen LogP contribution >= 0.6 is 0 Å². The van der Waals surface area contributed by atoms with Gasteiger partial charge in [-0.25, -0.2) is 0 Å². The van der Waals surface area contributed by atoms with Gasteiger partial charge >= 0.3 is 0 Å². The summed E-state index contributed by atoms with van der Waals surface area (Å²) >= 11 is 0. The van der Waals surface area contributed by atoms with Crippen molar-refractivity contribution in [1.29, 1.82) is 0 Å². The molecule has 1 saturated heterocycles. The number of amides is 1. The van der Waals surface area contributed by atoms with E-state index in [2.05, 4.69) is 53.0 Å². The summed E-state index contributed by atoms with van der Waals surface area (Å²) in [6, 6.07) is 6.08. The van der Waals surface area contributed by atoms with E-state index >= 15 is 0 Å². The number of likely N-dealkylation sites (tertiary alicyclic amines) is 1. The Hall–Kier alpha value is -2.21. The Labute approximate surface area is 155 Å². The smallest absolute Gasteiger partial charge is 0.274 e. The van der Waals surface area contributed by atoms with Crippen LogP contribution in [0.4, 0.5) is 0 Å². The van der Waals surface area contributed by atoms with Crippen molar-refractivity contribution in [2.75, 3.05) is 20.6 Å². The summed E-state index contributed by atoms with van der Waals surface area (Å²) in [4.78, 5) is 21.7. The average Bonchev–Trinajstić information content (AvgIpc) is 3.23. The third-order valence-corrected chi connectivity index (χ3v) is 4.81. The van der Waals surface area contributed by atoms with Crippen molar-refractivity contribution in [1.82, 2.24) is 25.0 Å². The van der Waals surface area contributed by atoms with Crippen molar-refractivity contribution >= 4 is 5.91 Å². The number of nitrogens with one attached hydrogen (secondary N) is 1. The lowest BCUT2D eigenvalue weighted by molar-refractivity contribution is 0.0727. The highest BCUT2D eigenvalue weighted by Crippen LogP contribution is 2.32. The number of hydrogen-bond acceptors (Lipinski definition) is 4. The molecule has 26 heavy (non-hydrogen) atoms. The minimum absolute atomic E-state index is 0.0154. The number of H-pyrrole nitrogens is 1. The molecule has 0 unspecified atom stereocenters. The molecule has 2 aromatic rings. The monoisotopic (exact) mass is 355 g/mol. The van der Waals surface area contributed by atoms with Crippen LogP contribution in [0.2, 0.25) is 0 Å². The van der Waals surface area contributed by atoms with E-state index in [1.165, 1.54) is 5.56 Å². The molecule has 0 bridgehead atoms. The molecule has 1 amide bonds. The van der Waals surface area contributed by atoms with Crippen molar-refractivity contribution in [3.8, 4) is 0 Å². The second kappa shape index (κ2) is 7.19. The van der Waals surface area contributed by atoms with Crippen molar-refractivity contribution in [3.05, 3.63) is 47.0 Å². The summed E-state index contributed by atoms with van der Waals surface area (Å²) in [5, 5.41) is 7.27. The number of hydrogen-bond donors (Lipinski definition) is 1. The van der Waals surface area contributed by atoms with Crippen LogP contribution in [0.25, 0.3) is 0 Å². The molecule has 140 valence electrons. The maximum atomic E-state index is 13.0. The van der Waals surface area contributed by atoms with Crippen molar-refractivity contribution in [3.63, 3.8) is 0 Å². The van der Waals surface area contributed by atoms with Gasteiger partial charge in [0.15, 0.2) is 0 Å². The van der Waals surface area contributed by atoms with Crippen LogP contribution in [0.3, 0.4) is 0 Å². The highest BCUT2D eigenvalue weighted by molar-refractivity contribution is 5.93. The molecule has 0 radical (unpaired) electrons. The van der Waals surface area contributed by atoms with Crippen molar-refractivity contribution in [2.24, 2.45) is 0 Å². The fourth-order valence-corrected chi connectivity index (χ4v) is 3.37. The van der Waals surface area contributed by atoms with Gasteiger partial charge < -0.3 is 9.80 Å². The molecule has 0 saturated carbocycles. The molecule has 1 aliphatic heterocycles. The van der Waals surface area contributed by atoms with E-state index in [0.29, 0.717) is 5.69 Å². The zero-order valence-electron chi connectivity index (χ0n) is 16.4. The van der Waals surface area contributed by atoms with E-state index in [0.717, 1.165) is 37.3 Å². The first-order valence-electron chi connectivity index (χ1n) is 9.22. The Balaban J connectivity index is 1.77. The van der Waals surface area contributed by atoms with E-state index in [1.807, 2.05) is 31.3 Å². The number of carbonyl (C=O) groups excluding carboxylic acids is 1. The zero-order valence-corrected chi connectivity index (χ0v) is 16.4. The van der Waals surface area contributed by atoms with Crippen LogP contribution in [0, 0.1) is 0 Å². The second-order valence-corrected chi connectivity index (χ2v) is 8.40. The lowest BCUT2D eigenvalue weighted by Crippen LogP contribution is -2.31. The van der Waals surface area contributed by atoms with Gasteiger partial charge in [0.05, 0.1) is 11.7 Å². The largest absolute Gasteiger partial charge is 0.329 e. The Morgan fingerprint density at radius 3 is 2.69 bits per heavy atom. The molecule has 6 heteroatoms. The van der Waals surface area contributed by atoms with Gasteiger partial charge in [-0.1, -0.05) is 26.8 Å². The lowest BCUT2D eigenvalue weighted by atomic mass is 9.92. The van der Waals surface area contributed by atoms with Crippen LogP contribution in [-0.2, 0) is 12.0 Å². The van der Waals surface area contributed by atoms with Crippen LogP contribution in [-0.4, -0.2) is 51.5 Å². The molecule has 1 aliphatic rings. The minimum Gasteiger partial charge on any atom is -0.329 e. The summed E-state index contributed by atoms with van der Waals surface area (Å²) in [6.45, 7) is 7.93. The van der Waals surface area contributed by atoms with Crippen LogP contribution < -0.4 is 0 Å². The molecule has 2 aromatic heterocycles. The Bertz CT molecular complexity index is 757. The molecule has 0 aromatic carbocycles.